The average molecular weight is 490 g/mol. The number of amides is 1. The van der Waals surface area contributed by atoms with E-state index in [1.54, 1.807) is 26.4 Å². The molecule has 9 nitrogen and oxygen atoms in total. The molecule has 3 aromatic carbocycles. The second kappa shape index (κ2) is 9.29. The molecule has 1 saturated carbocycles. The van der Waals surface area contributed by atoms with Gasteiger partial charge in [-0.1, -0.05) is 18.2 Å². The summed E-state index contributed by atoms with van der Waals surface area (Å²) in [5, 5.41) is 17.3. The number of aromatic amines is 1. The molecule has 0 radical (unpaired) electrons. The van der Waals surface area contributed by atoms with Crippen LogP contribution in [0.5, 0.6) is 17.2 Å². The SMILES string of the molecule is COc1cc(C2(C(=O)Nc3ccc(-c4ccc(OC)c(OC)c4)c(-c4nnn[nH]4)c3)CC2)ccc1F. The lowest BCUT2D eigenvalue weighted by Gasteiger charge is -2.18. The van der Waals surface area contributed by atoms with Gasteiger partial charge >= 0.3 is 0 Å². The Hall–Kier alpha value is -4.47. The lowest BCUT2D eigenvalue weighted by atomic mass is 9.94. The predicted octanol–water partition coefficient (Wildman–Crippen LogP) is 4.37. The zero-order valence-electron chi connectivity index (χ0n) is 20.0. The maximum Gasteiger partial charge on any atom is 0.235 e. The van der Waals surface area contributed by atoms with Crippen molar-refractivity contribution in [2.75, 3.05) is 26.6 Å². The van der Waals surface area contributed by atoms with Crippen molar-refractivity contribution in [1.29, 1.82) is 0 Å². The molecule has 0 atom stereocenters. The van der Waals surface area contributed by atoms with Crippen molar-refractivity contribution in [3.63, 3.8) is 0 Å². The summed E-state index contributed by atoms with van der Waals surface area (Å²) in [7, 11) is 4.56. The molecule has 0 aliphatic heterocycles. The third-order valence-electron chi connectivity index (χ3n) is 6.46. The van der Waals surface area contributed by atoms with Crippen molar-refractivity contribution in [3.8, 4) is 39.8 Å². The number of aromatic nitrogens is 4. The molecular weight excluding hydrogens is 465 g/mol. The number of anilines is 1. The van der Waals surface area contributed by atoms with E-state index < -0.39 is 11.2 Å². The van der Waals surface area contributed by atoms with Crippen LogP contribution in [0, 0.1) is 5.82 Å². The summed E-state index contributed by atoms with van der Waals surface area (Å²) in [6.07, 6.45) is 1.33. The van der Waals surface area contributed by atoms with Crippen LogP contribution in [0.2, 0.25) is 0 Å². The molecule has 0 bridgehead atoms. The second-order valence-corrected chi connectivity index (χ2v) is 8.47. The molecule has 5 rings (SSSR count). The van der Waals surface area contributed by atoms with Crippen LogP contribution < -0.4 is 19.5 Å². The Morgan fingerprint density at radius 2 is 1.69 bits per heavy atom. The number of ether oxygens (including phenoxy) is 3. The quantitative estimate of drug-likeness (QED) is 0.378. The minimum atomic E-state index is -0.725. The first-order valence-corrected chi connectivity index (χ1v) is 11.2. The summed E-state index contributed by atoms with van der Waals surface area (Å²) < 4.78 is 29.8. The van der Waals surface area contributed by atoms with Crippen molar-refractivity contribution in [1.82, 2.24) is 20.6 Å². The van der Waals surface area contributed by atoms with Gasteiger partial charge in [0.2, 0.25) is 5.91 Å². The number of methoxy groups -OCH3 is 3. The van der Waals surface area contributed by atoms with Crippen LogP contribution in [0.15, 0.2) is 54.6 Å². The second-order valence-electron chi connectivity index (χ2n) is 8.47. The Morgan fingerprint density at radius 1 is 0.917 bits per heavy atom. The zero-order chi connectivity index (χ0) is 25.3. The van der Waals surface area contributed by atoms with Gasteiger partial charge in [-0.05, 0) is 76.4 Å². The number of carbonyl (C=O) groups is 1. The molecule has 1 fully saturated rings. The minimum Gasteiger partial charge on any atom is -0.494 e. The molecule has 1 heterocycles. The minimum absolute atomic E-state index is 0.117. The van der Waals surface area contributed by atoms with Crippen molar-refractivity contribution >= 4 is 11.6 Å². The van der Waals surface area contributed by atoms with Gasteiger partial charge in [0.25, 0.3) is 0 Å². The van der Waals surface area contributed by atoms with Crippen LogP contribution in [0.25, 0.3) is 22.5 Å². The van der Waals surface area contributed by atoms with Gasteiger partial charge in [0.1, 0.15) is 0 Å². The molecule has 1 aliphatic rings. The summed E-state index contributed by atoms with van der Waals surface area (Å²) >= 11 is 0. The van der Waals surface area contributed by atoms with Gasteiger partial charge in [-0.2, -0.15) is 0 Å². The number of benzene rings is 3. The topological polar surface area (TPSA) is 111 Å². The number of hydrogen-bond donors (Lipinski definition) is 2. The summed E-state index contributed by atoms with van der Waals surface area (Å²) in [6.45, 7) is 0. The van der Waals surface area contributed by atoms with Crippen molar-refractivity contribution in [2.45, 2.75) is 18.3 Å². The van der Waals surface area contributed by atoms with Crippen molar-refractivity contribution < 1.29 is 23.4 Å². The van der Waals surface area contributed by atoms with Crippen LogP contribution in [0.3, 0.4) is 0 Å². The molecule has 184 valence electrons. The number of hydrogen-bond acceptors (Lipinski definition) is 7. The molecular formula is C26H24FN5O4. The Morgan fingerprint density at radius 3 is 2.36 bits per heavy atom. The van der Waals surface area contributed by atoms with Crippen molar-refractivity contribution in [3.05, 3.63) is 66.0 Å². The van der Waals surface area contributed by atoms with E-state index in [1.165, 1.54) is 13.2 Å². The highest BCUT2D eigenvalue weighted by molar-refractivity contribution is 6.02. The standard InChI is InChI=1S/C26H24FN5O4/c1-34-21-9-4-15(12-23(21)36-3)18-7-6-17(14-19(18)24-29-31-32-30-24)28-25(33)26(10-11-26)16-5-8-20(27)22(13-16)35-2/h4-9,12-14H,10-11H2,1-3H3,(H,28,33)(H,29,30,31,32). The summed E-state index contributed by atoms with van der Waals surface area (Å²) in [6, 6.07) is 15.7. The van der Waals surface area contributed by atoms with Gasteiger partial charge in [0.05, 0.1) is 26.7 Å². The highest BCUT2D eigenvalue weighted by Gasteiger charge is 2.51. The Kier molecular flexibility index (Phi) is 6.01. The summed E-state index contributed by atoms with van der Waals surface area (Å²) in [5.74, 6) is 1.12. The molecule has 1 aliphatic carbocycles. The number of carbonyl (C=O) groups excluding carboxylic acids is 1. The smallest absolute Gasteiger partial charge is 0.235 e. The Labute approximate surface area is 206 Å². The molecule has 1 aromatic heterocycles. The van der Waals surface area contributed by atoms with Gasteiger partial charge in [-0.3, -0.25) is 4.79 Å². The Bertz CT molecular complexity index is 1420. The van der Waals surface area contributed by atoms with E-state index >= 15 is 0 Å². The zero-order valence-corrected chi connectivity index (χ0v) is 20.0. The maximum atomic E-state index is 13.9. The maximum absolute atomic E-state index is 13.9. The molecule has 0 unspecified atom stereocenters. The van der Waals surface area contributed by atoms with E-state index in [0.29, 0.717) is 41.4 Å². The first kappa shape index (κ1) is 23.3. The first-order chi connectivity index (χ1) is 17.5. The third-order valence-corrected chi connectivity index (χ3v) is 6.46. The fraction of sp³-hybridized carbons (Fsp3) is 0.231. The number of H-pyrrole nitrogens is 1. The lowest BCUT2D eigenvalue weighted by molar-refractivity contribution is -0.118. The van der Waals surface area contributed by atoms with E-state index in [0.717, 1.165) is 16.7 Å². The van der Waals surface area contributed by atoms with Gasteiger partial charge in [0.15, 0.2) is 28.9 Å². The molecule has 10 heteroatoms. The van der Waals surface area contributed by atoms with Crippen LogP contribution in [0.4, 0.5) is 10.1 Å². The first-order valence-electron chi connectivity index (χ1n) is 11.2. The highest BCUT2D eigenvalue weighted by atomic mass is 19.1. The van der Waals surface area contributed by atoms with E-state index in [-0.39, 0.29) is 11.7 Å². The summed E-state index contributed by atoms with van der Waals surface area (Å²) in [4.78, 5) is 13.4. The summed E-state index contributed by atoms with van der Waals surface area (Å²) in [5.41, 5.74) is 2.96. The fourth-order valence-corrected chi connectivity index (χ4v) is 4.33. The molecule has 4 aromatic rings. The molecule has 1 amide bonds. The number of tetrazole rings is 1. The molecule has 0 saturated heterocycles. The van der Waals surface area contributed by atoms with Crippen molar-refractivity contribution in [2.24, 2.45) is 0 Å². The lowest BCUT2D eigenvalue weighted by Crippen LogP contribution is -2.28. The number of rotatable bonds is 8. The van der Waals surface area contributed by atoms with Gasteiger partial charge < -0.3 is 19.5 Å². The van der Waals surface area contributed by atoms with E-state index in [1.807, 2.05) is 36.4 Å². The van der Waals surface area contributed by atoms with Crippen LogP contribution >= 0.6 is 0 Å². The third kappa shape index (κ3) is 4.10. The van der Waals surface area contributed by atoms with Gasteiger partial charge in [-0.25, -0.2) is 9.49 Å². The van der Waals surface area contributed by atoms with E-state index in [4.69, 9.17) is 14.2 Å². The largest absolute Gasteiger partial charge is 0.494 e. The van der Waals surface area contributed by atoms with Crippen LogP contribution in [-0.4, -0.2) is 47.9 Å². The number of nitrogens with one attached hydrogen (secondary N) is 2. The van der Waals surface area contributed by atoms with Gasteiger partial charge in [-0.15, -0.1) is 5.10 Å². The fourth-order valence-electron chi connectivity index (χ4n) is 4.33. The molecule has 0 spiro atoms. The normalized spacial score (nSPS) is 13.7. The highest BCUT2D eigenvalue weighted by Crippen LogP contribution is 2.50. The number of nitrogens with zero attached hydrogens (tertiary/aromatic N) is 3. The predicted molar refractivity (Wildman–Crippen MR) is 131 cm³/mol. The monoisotopic (exact) mass is 489 g/mol. The van der Waals surface area contributed by atoms with E-state index in [9.17, 15) is 9.18 Å². The average Bonchev–Trinajstić information content (AvgIpc) is 3.54. The molecule has 2 N–H and O–H groups in total. The molecule has 36 heavy (non-hydrogen) atoms. The number of halogens is 1. The van der Waals surface area contributed by atoms with Gasteiger partial charge in [0, 0.05) is 11.3 Å². The van der Waals surface area contributed by atoms with E-state index in [2.05, 4.69) is 25.9 Å². The van der Waals surface area contributed by atoms with Crippen LogP contribution in [-0.2, 0) is 10.2 Å². The van der Waals surface area contributed by atoms with Crippen LogP contribution in [0.1, 0.15) is 18.4 Å². The Balaban J connectivity index is 1.49.